The lowest BCUT2D eigenvalue weighted by atomic mass is 10.0. The van der Waals surface area contributed by atoms with Crippen LogP contribution in [0.1, 0.15) is 45.0 Å². The van der Waals surface area contributed by atoms with Gasteiger partial charge in [0.1, 0.15) is 0 Å². The lowest BCUT2D eigenvalue weighted by molar-refractivity contribution is 0.0938. The second kappa shape index (κ2) is 8.25. The van der Waals surface area contributed by atoms with Gasteiger partial charge >= 0.3 is 0 Å². The number of rotatable bonds is 5. The van der Waals surface area contributed by atoms with E-state index in [1.165, 1.54) is 6.26 Å². The normalized spacial score (nSPS) is 11.8. The molecule has 0 spiro atoms. The van der Waals surface area contributed by atoms with Crippen molar-refractivity contribution in [1.29, 1.82) is 0 Å². The molecule has 0 aliphatic heterocycles. The number of furan rings is 1. The first kappa shape index (κ1) is 19.5. The molecule has 0 aliphatic carbocycles. The largest absolute Gasteiger partial charge is 0.459 e. The highest BCUT2D eigenvalue weighted by Crippen LogP contribution is 2.22. The van der Waals surface area contributed by atoms with Crippen molar-refractivity contribution in [2.45, 2.75) is 19.9 Å². The van der Waals surface area contributed by atoms with Crippen LogP contribution in [0.4, 0.5) is 5.69 Å². The van der Waals surface area contributed by atoms with Crippen molar-refractivity contribution in [3.63, 3.8) is 0 Å². The average molecular weight is 398 g/mol. The van der Waals surface area contributed by atoms with E-state index in [1.54, 1.807) is 24.3 Å². The summed E-state index contributed by atoms with van der Waals surface area (Å²) in [5, 5.41) is 8.13. The molecule has 2 amide bonds. The van der Waals surface area contributed by atoms with E-state index in [0.29, 0.717) is 11.3 Å². The fourth-order valence-corrected chi connectivity index (χ4v) is 3.33. The van der Waals surface area contributed by atoms with E-state index in [4.69, 9.17) is 4.42 Å². The molecular weight excluding hydrogens is 376 g/mol. The van der Waals surface area contributed by atoms with Crippen molar-refractivity contribution in [2.75, 3.05) is 5.32 Å². The zero-order valence-corrected chi connectivity index (χ0v) is 16.8. The van der Waals surface area contributed by atoms with Crippen LogP contribution in [0.2, 0.25) is 0 Å². The van der Waals surface area contributed by atoms with Crippen molar-refractivity contribution in [2.24, 2.45) is 0 Å². The average Bonchev–Trinajstić information content (AvgIpc) is 3.30. The van der Waals surface area contributed by atoms with Crippen LogP contribution in [-0.4, -0.2) is 11.8 Å². The number of anilines is 1. The maximum atomic E-state index is 12.8. The first-order chi connectivity index (χ1) is 14.5. The number of carbonyl (C=O) groups excluding carboxylic acids is 2. The summed E-state index contributed by atoms with van der Waals surface area (Å²) in [6.07, 6.45) is 1.44. The van der Waals surface area contributed by atoms with Crippen molar-refractivity contribution in [1.82, 2.24) is 5.32 Å². The third kappa shape index (κ3) is 4.10. The number of hydrogen-bond donors (Lipinski definition) is 2. The summed E-state index contributed by atoms with van der Waals surface area (Å²) in [4.78, 5) is 25.1. The van der Waals surface area contributed by atoms with E-state index in [-0.39, 0.29) is 23.6 Å². The zero-order chi connectivity index (χ0) is 21.1. The molecule has 0 saturated carbocycles. The molecule has 0 aliphatic rings. The van der Waals surface area contributed by atoms with Crippen molar-refractivity contribution < 1.29 is 14.0 Å². The highest BCUT2D eigenvalue weighted by atomic mass is 16.3. The molecule has 1 heterocycles. The molecule has 1 aromatic heterocycles. The molecule has 150 valence electrons. The molecule has 5 nitrogen and oxygen atoms in total. The summed E-state index contributed by atoms with van der Waals surface area (Å²) in [7, 11) is 0. The summed E-state index contributed by atoms with van der Waals surface area (Å²) < 4.78 is 5.13. The van der Waals surface area contributed by atoms with Gasteiger partial charge in [0.25, 0.3) is 11.8 Å². The van der Waals surface area contributed by atoms with Crippen molar-refractivity contribution in [3.05, 3.63) is 102 Å². The first-order valence-electron chi connectivity index (χ1n) is 9.76. The van der Waals surface area contributed by atoms with Crippen LogP contribution in [0.3, 0.4) is 0 Å². The van der Waals surface area contributed by atoms with Crippen LogP contribution in [0.5, 0.6) is 0 Å². The highest BCUT2D eigenvalue weighted by molar-refractivity contribution is 6.04. The second-order valence-electron chi connectivity index (χ2n) is 7.26. The smallest absolute Gasteiger partial charge is 0.291 e. The molecule has 5 heteroatoms. The number of fused-ring (bicyclic) bond motifs is 1. The standard InChI is InChI=1S/C25H22N2O3/c1-16-9-10-21(15-22(16)27-25(29)23-8-5-13-30-23)24(28)26-17(2)19-12-11-18-6-3-4-7-20(18)14-19/h3-15,17H,1-2H3,(H,26,28)(H,27,29). The monoisotopic (exact) mass is 398 g/mol. The minimum absolute atomic E-state index is 0.162. The number of hydrogen-bond acceptors (Lipinski definition) is 3. The van der Waals surface area contributed by atoms with Gasteiger partial charge in [0.15, 0.2) is 5.76 Å². The summed E-state index contributed by atoms with van der Waals surface area (Å²) in [5.41, 5.74) is 2.93. The van der Waals surface area contributed by atoms with Gasteiger partial charge in [-0.3, -0.25) is 9.59 Å². The van der Waals surface area contributed by atoms with Gasteiger partial charge < -0.3 is 15.1 Å². The van der Waals surface area contributed by atoms with Gasteiger partial charge in [-0.1, -0.05) is 42.5 Å². The molecule has 0 fully saturated rings. The summed E-state index contributed by atoms with van der Waals surface area (Å²) in [6, 6.07) is 22.6. The first-order valence-corrected chi connectivity index (χ1v) is 9.76. The van der Waals surface area contributed by atoms with Gasteiger partial charge in [-0.15, -0.1) is 0 Å². The highest BCUT2D eigenvalue weighted by Gasteiger charge is 2.15. The van der Waals surface area contributed by atoms with Gasteiger partial charge in [0.05, 0.1) is 12.3 Å². The Morgan fingerprint density at radius 2 is 1.67 bits per heavy atom. The summed E-state index contributed by atoms with van der Waals surface area (Å²) >= 11 is 0. The molecular formula is C25H22N2O3. The minimum atomic E-state index is -0.356. The Labute approximate surface area is 174 Å². The van der Waals surface area contributed by atoms with Crippen LogP contribution < -0.4 is 10.6 Å². The molecule has 0 radical (unpaired) electrons. The molecule has 1 unspecified atom stereocenters. The van der Waals surface area contributed by atoms with Gasteiger partial charge in [0, 0.05) is 11.3 Å². The van der Waals surface area contributed by atoms with Crippen LogP contribution in [0, 0.1) is 6.92 Å². The third-order valence-corrected chi connectivity index (χ3v) is 5.11. The van der Waals surface area contributed by atoms with Crippen LogP contribution in [0.15, 0.2) is 83.5 Å². The van der Waals surface area contributed by atoms with Gasteiger partial charge in [0.2, 0.25) is 0 Å². The topological polar surface area (TPSA) is 71.3 Å². The van der Waals surface area contributed by atoms with Gasteiger partial charge in [-0.2, -0.15) is 0 Å². The number of nitrogens with one attached hydrogen (secondary N) is 2. The summed E-state index contributed by atoms with van der Waals surface area (Å²) in [6.45, 7) is 3.83. The SMILES string of the molecule is Cc1ccc(C(=O)NC(C)c2ccc3ccccc3c2)cc1NC(=O)c1ccco1. The Kier molecular flexibility index (Phi) is 5.35. The molecule has 0 saturated heterocycles. The van der Waals surface area contributed by atoms with E-state index in [1.807, 2.05) is 38.1 Å². The van der Waals surface area contributed by atoms with E-state index >= 15 is 0 Å². The minimum Gasteiger partial charge on any atom is -0.459 e. The van der Waals surface area contributed by atoms with Crippen LogP contribution in [0.25, 0.3) is 10.8 Å². The van der Waals surface area contributed by atoms with Crippen molar-refractivity contribution >= 4 is 28.3 Å². The lowest BCUT2D eigenvalue weighted by Crippen LogP contribution is -2.26. The lowest BCUT2D eigenvalue weighted by Gasteiger charge is -2.16. The van der Waals surface area contributed by atoms with Gasteiger partial charge in [-0.25, -0.2) is 0 Å². The van der Waals surface area contributed by atoms with E-state index in [2.05, 4.69) is 34.9 Å². The maximum Gasteiger partial charge on any atom is 0.291 e. The number of carbonyl (C=O) groups is 2. The number of aryl methyl sites for hydroxylation is 1. The van der Waals surface area contributed by atoms with E-state index < -0.39 is 0 Å². The van der Waals surface area contributed by atoms with E-state index in [9.17, 15) is 9.59 Å². The van der Waals surface area contributed by atoms with Crippen molar-refractivity contribution in [3.8, 4) is 0 Å². The molecule has 4 aromatic rings. The Balaban J connectivity index is 1.50. The second-order valence-corrected chi connectivity index (χ2v) is 7.26. The molecule has 1 atom stereocenters. The quantitative estimate of drug-likeness (QED) is 0.467. The fourth-order valence-electron chi connectivity index (χ4n) is 3.33. The Bertz CT molecular complexity index is 1210. The molecule has 3 aromatic carbocycles. The number of amides is 2. The third-order valence-electron chi connectivity index (χ3n) is 5.11. The Hall–Kier alpha value is -3.86. The maximum absolute atomic E-state index is 12.8. The summed E-state index contributed by atoms with van der Waals surface area (Å²) in [5.74, 6) is -0.344. The Morgan fingerprint density at radius 3 is 2.43 bits per heavy atom. The van der Waals surface area contributed by atoms with Gasteiger partial charge in [-0.05, 0) is 66.1 Å². The predicted octanol–water partition coefficient (Wildman–Crippen LogP) is 5.48. The molecule has 2 N–H and O–H groups in total. The molecule has 4 rings (SSSR count). The fraction of sp³-hybridized carbons (Fsp3) is 0.120. The molecule has 30 heavy (non-hydrogen) atoms. The van der Waals surface area contributed by atoms with Crippen LogP contribution >= 0.6 is 0 Å². The zero-order valence-electron chi connectivity index (χ0n) is 16.8. The van der Waals surface area contributed by atoms with Crippen LogP contribution in [-0.2, 0) is 0 Å². The van der Waals surface area contributed by atoms with E-state index in [0.717, 1.165) is 21.9 Å². The Morgan fingerprint density at radius 1 is 0.867 bits per heavy atom. The predicted molar refractivity (Wildman–Crippen MR) is 118 cm³/mol. The number of benzene rings is 3. The molecule has 0 bridgehead atoms.